The molecule has 0 saturated carbocycles. The zero-order valence-electron chi connectivity index (χ0n) is 26.6. The van der Waals surface area contributed by atoms with Crippen LogP contribution in [0.3, 0.4) is 0 Å². The Labute approximate surface area is 283 Å². The second kappa shape index (κ2) is 11.0. The van der Waals surface area contributed by atoms with E-state index in [0.29, 0.717) is 0 Å². The lowest BCUT2D eigenvalue weighted by atomic mass is 10.0. The number of benzene rings is 8. The summed E-state index contributed by atoms with van der Waals surface area (Å²) in [6, 6.07) is 64.9. The van der Waals surface area contributed by atoms with E-state index < -0.39 is 0 Å². The average Bonchev–Trinajstić information content (AvgIpc) is 3.70. The molecule has 0 amide bonds. The first-order valence-corrected chi connectivity index (χ1v) is 16.7. The molecule has 0 bridgehead atoms. The summed E-state index contributed by atoms with van der Waals surface area (Å²) in [5.41, 5.74) is 10.8. The maximum Gasteiger partial charge on any atom is 0.159 e. The van der Waals surface area contributed by atoms with Crippen molar-refractivity contribution in [3.8, 4) is 16.8 Å². The van der Waals surface area contributed by atoms with Gasteiger partial charge in [-0.05, 0) is 88.6 Å². The fourth-order valence-electron chi connectivity index (χ4n) is 7.48. The van der Waals surface area contributed by atoms with E-state index in [1.165, 1.54) is 32.6 Å². The molecular weight excluding hydrogens is 597 g/mol. The van der Waals surface area contributed by atoms with Crippen molar-refractivity contribution < 1.29 is 4.42 Å². The molecule has 0 saturated heterocycles. The van der Waals surface area contributed by atoms with Crippen molar-refractivity contribution in [1.29, 1.82) is 0 Å². The minimum absolute atomic E-state index is 0.874. The third kappa shape index (κ3) is 4.44. The van der Waals surface area contributed by atoms with Gasteiger partial charge in [0.15, 0.2) is 5.58 Å². The van der Waals surface area contributed by atoms with Crippen molar-refractivity contribution in [2.45, 2.75) is 0 Å². The molecule has 3 nitrogen and oxygen atoms in total. The molecule has 230 valence electrons. The predicted octanol–water partition coefficient (Wildman–Crippen LogP) is 13.0. The largest absolute Gasteiger partial charge is 0.454 e. The van der Waals surface area contributed by atoms with E-state index in [4.69, 9.17) is 4.42 Å². The Morgan fingerprint density at radius 2 is 1.06 bits per heavy atom. The minimum atomic E-state index is 0.874. The van der Waals surface area contributed by atoms with Crippen LogP contribution in [0.15, 0.2) is 186 Å². The Morgan fingerprint density at radius 3 is 1.92 bits per heavy atom. The van der Waals surface area contributed by atoms with E-state index in [-0.39, 0.29) is 0 Å². The van der Waals surface area contributed by atoms with Crippen LogP contribution in [0.2, 0.25) is 0 Å². The molecule has 0 atom stereocenters. The lowest BCUT2D eigenvalue weighted by Crippen LogP contribution is -2.10. The Kier molecular flexibility index (Phi) is 6.18. The van der Waals surface area contributed by atoms with Gasteiger partial charge in [-0.2, -0.15) is 0 Å². The molecule has 2 aromatic heterocycles. The van der Waals surface area contributed by atoms with Crippen LogP contribution in [-0.4, -0.2) is 4.57 Å². The van der Waals surface area contributed by atoms with E-state index in [1.807, 2.05) is 12.1 Å². The van der Waals surface area contributed by atoms with Gasteiger partial charge in [0.25, 0.3) is 0 Å². The van der Waals surface area contributed by atoms with Crippen LogP contribution >= 0.6 is 0 Å². The quantitative estimate of drug-likeness (QED) is 0.190. The first-order chi connectivity index (χ1) is 24.3. The topological polar surface area (TPSA) is 21.3 Å². The molecule has 0 radical (unpaired) electrons. The number of para-hydroxylation sites is 4. The maximum absolute atomic E-state index is 6.54. The molecule has 3 heteroatoms. The normalized spacial score (nSPS) is 11.7. The van der Waals surface area contributed by atoms with Gasteiger partial charge in [0.2, 0.25) is 0 Å². The van der Waals surface area contributed by atoms with E-state index in [1.54, 1.807) is 0 Å². The van der Waals surface area contributed by atoms with Crippen LogP contribution in [0.5, 0.6) is 0 Å². The first kappa shape index (κ1) is 27.5. The lowest BCUT2D eigenvalue weighted by molar-refractivity contribution is 0.669. The standard InChI is InChI=1S/C46H30N2O/c1-3-16-35(17-4-1)47(42-23-12-22-40-39-21-9-10-24-45(39)49-46(40)42)37-20-11-15-31(27-37)34-25-26-38-41-28-32-13-7-8-14-33(32)29-44(41)48(43(38)30-34)36-18-5-2-6-19-36/h1-30H. The van der Waals surface area contributed by atoms with Crippen LogP contribution in [0.1, 0.15) is 0 Å². The highest BCUT2D eigenvalue weighted by Gasteiger charge is 2.20. The molecule has 0 fully saturated rings. The molecule has 0 aliphatic rings. The lowest BCUT2D eigenvalue weighted by Gasteiger charge is -2.26. The molecule has 2 heterocycles. The number of rotatable bonds is 5. The third-order valence-corrected chi connectivity index (χ3v) is 9.72. The van der Waals surface area contributed by atoms with Gasteiger partial charge >= 0.3 is 0 Å². The smallest absolute Gasteiger partial charge is 0.159 e. The molecule has 0 N–H and O–H groups in total. The van der Waals surface area contributed by atoms with Crippen molar-refractivity contribution in [2.75, 3.05) is 4.90 Å². The monoisotopic (exact) mass is 626 g/mol. The zero-order valence-corrected chi connectivity index (χ0v) is 26.6. The van der Waals surface area contributed by atoms with Gasteiger partial charge in [-0.15, -0.1) is 0 Å². The van der Waals surface area contributed by atoms with Gasteiger partial charge in [0, 0.05) is 38.6 Å². The summed E-state index contributed by atoms with van der Waals surface area (Å²) in [5, 5.41) is 7.22. The molecule has 0 aliphatic carbocycles. The first-order valence-electron chi connectivity index (χ1n) is 16.7. The number of anilines is 3. The van der Waals surface area contributed by atoms with Crippen molar-refractivity contribution in [3.05, 3.63) is 182 Å². The molecule has 0 spiro atoms. The highest BCUT2D eigenvalue weighted by molar-refractivity contribution is 6.14. The van der Waals surface area contributed by atoms with Gasteiger partial charge in [-0.3, -0.25) is 0 Å². The van der Waals surface area contributed by atoms with E-state index in [2.05, 4.69) is 179 Å². The SMILES string of the molecule is c1ccc(N(c2cccc(-c3ccc4c5cc6ccccc6cc5n(-c5ccccc5)c4c3)c2)c2cccc3c2oc2ccccc23)cc1. The van der Waals surface area contributed by atoms with Crippen LogP contribution in [0, 0.1) is 0 Å². The van der Waals surface area contributed by atoms with Gasteiger partial charge in [-0.25, -0.2) is 0 Å². The summed E-state index contributed by atoms with van der Waals surface area (Å²) in [5.74, 6) is 0. The van der Waals surface area contributed by atoms with E-state index in [9.17, 15) is 0 Å². The van der Waals surface area contributed by atoms with Crippen molar-refractivity contribution in [2.24, 2.45) is 0 Å². The Balaban J connectivity index is 1.18. The molecule has 0 aliphatic heterocycles. The second-order valence-corrected chi connectivity index (χ2v) is 12.6. The van der Waals surface area contributed by atoms with Crippen LogP contribution in [-0.2, 0) is 0 Å². The summed E-state index contributed by atoms with van der Waals surface area (Å²) >= 11 is 0. The maximum atomic E-state index is 6.54. The molecule has 49 heavy (non-hydrogen) atoms. The Morgan fingerprint density at radius 1 is 0.408 bits per heavy atom. The van der Waals surface area contributed by atoms with Gasteiger partial charge in [0.1, 0.15) is 5.58 Å². The fourth-order valence-corrected chi connectivity index (χ4v) is 7.48. The zero-order chi connectivity index (χ0) is 32.3. The third-order valence-electron chi connectivity index (χ3n) is 9.72. The van der Waals surface area contributed by atoms with Crippen LogP contribution in [0.4, 0.5) is 17.1 Å². The van der Waals surface area contributed by atoms with Crippen molar-refractivity contribution >= 4 is 71.6 Å². The van der Waals surface area contributed by atoms with Gasteiger partial charge < -0.3 is 13.9 Å². The molecular formula is C46H30N2O. The summed E-state index contributed by atoms with van der Waals surface area (Å²) in [6.45, 7) is 0. The van der Waals surface area contributed by atoms with Gasteiger partial charge in [0.05, 0.1) is 16.7 Å². The van der Waals surface area contributed by atoms with Crippen LogP contribution < -0.4 is 4.90 Å². The molecule has 8 aromatic carbocycles. The average molecular weight is 627 g/mol. The summed E-state index contributed by atoms with van der Waals surface area (Å²) in [7, 11) is 0. The van der Waals surface area contributed by atoms with Crippen molar-refractivity contribution in [1.82, 2.24) is 4.57 Å². The Bertz CT molecular complexity index is 2830. The minimum Gasteiger partial charge on any atom is -0.454 e. The Hall–Kier alpha value is -6.58. The summed E-state index contributed by atoms with van der Waals surface area (Å²) in [4.78, 5) is 2.30. The van der Waals surface area contributed by atoms with Gasteiger partial charge in [-0.1, -0.05) is 115 Å². The summed E-state index contributed by atoms with van der Waals surface area (Å²) < 4.78 is 8.94. The predicted molar refractivity (Wildman–Crippen MR) is 206 cm³/mol. The number of hydrogen-bond acceptors (Lipinski definition) is 2. The van der Waals surface area contributed by atoms with Crippen molar-refractivity contribution in [3.63, 3.8) is 0 Å². The highest BCUT2D eigenvalue weighted by atomic mass is 16.3. The molecule has 0 unspecified atom stereocenters. The summed E-state index contributed by atoms with van der Waals surface area (Å²) in [6.07, 6.45) is 0. The number of fused-ring (bicyclic) bond motifs is 7. The van der Waals surface area contributed by atoms with E-state index in [0.717, 1.165) is 55.8 Å². The van der Waals surface area contributed by atoms with Crippen LogP contribution in [0.25, 0.3) is 71.3 Å². The number of nitrogens with zero attached hydrogens (tertiary/aromatic N) is 2. The number of hydrogen-bond donors (Lipinski definition) is 0. The fraction of sp³-hybridized carbons (Fsp3) is 0. The number of aromatic nitrogens is 1. The highest BCUT2D eigenvalue weighted by Crippen LogP contribution is 2.43. The second-order valence-electron chi connectivity index (χ2n) is 12.6. The number of furan rings is 1. The molecule has 10 rings (SSSR count). The molecule has 10 aromatic rings. The van der Waals surface area contributed by atoms with E-state index >= 15 is 0 Å².